The van der Waals surface area contributed by atoms with E-state index >= 15 is 0 Å². The highest BCUT2D eigenvalue weighted by Crippen LogP contribution is 2.23. The number of benzene rings is 2. The zero-order chi connectivity index (χ0) is 23.8. The fourth-order valence-corrected chi connectivity index (χ4v) is 4.12. The van der Waals surface area contributed by atoms with E-state index in [-0.39, 0.29) is 11.6 Å². The second-order valence-corrected chi connectivity index (χ2v) is 8.61. The van der Waals surface area contributed by atoms with E-state index in [1.165, 1.54) is 24.3 Å². The first kappa shape index (κ1) is 23.8. The zero-order valence-electron chi connectivity index (χ0n) is 19.5. The van der Waals surface area contributed by atoms with Gasteiger partial charge in [0.15, 0.2) is 0 Å². The van der Waals surface area contributed by atoms with E-state index in [4.69, 9.17) is 0 Å². The van der Waals surface area contributed by atoms with Gasteiger partial charge in [-0.05, 0) is 82.2 Å². The van der Waals surface area contributed by atoms with Crippen molar-refractivity contribution in [1.82, 2.24) is 14.9 Å². The van der Waals surface area contributed by atoms with Crippen molar-refractivity contribution in [2.45, 2.75) is 25.7 Å². The number of hydrogen-bond donors (Lipinski definition) is 2. The fourth-order valence-electron chi connectivity index (χ4n) is 4.12. The molecule has 0 fully saturated rings. The topological polar surface area (TPSA) is 53.1 Å². The first-order valence-corrected chi connectivity index (χ1v) is 11.8. The highest BCUT2D eigenvalue weighted by molar-refractivity contribution is 5.91. The van der Waals surface area contributed by atoms with Crippen LogP contribution >= 0.6 is 0 Å². The van der Waals surface area contributed by atoms with Gasteiger partial charge in [-0.3, -0.25) is 9.97 Å². The molecule has 2 aromatic heterocycles. The normalized spacial score (nSPS) is 11.4. The van der Waals surface area contributed by atoms with Gasteiger partial charge in [0.1, 0.15) is 11.6 Å². The van der Waals surface area contributed by atoms with Gasteiger partial charge >= 0.3 is 0 Å². The highest BCUT2D eigenvalue weighted by atomic mass is 19.1. The molecule has 2 aromatic carbocycles. The van der Waals surface area contributed by atoms with Crippen molar-refractivity contribution >= 4 is 33.2 Å². The van der Waals surface area contributed by atoms with E-state index < -0.39 is 0 Å². The first-order chi connectivity index (χ1) is 16.6. The summed E-state index contributed by atoms with van der Waals surface area (Å²) in [5.74, 6) is -0.531. The van der Waals surface area contributed by atoms with Crippen LogP contribution in [0, 0.1) is 11.6 Å². The van der Waals surface area contributed by atoms with Gasteiger partial charge in [0.05, 0.1) is 11.0 Å². The van der Waals surface area contributed by atoms with Crippen LogP contribution in [-0.2, 0) is 0 Å². The van der Waals surface area contributed by atoms with Crippen LogP contribution in [0.1, 0.15) is 25.7 Å². The quantitative estimate of drug-likeness (QED) is 0.250. The minimum atomic E-state index is -0.265. The van der Waals surface area contributed by atoms with E-state index in [9.17, 15) is 8.78 Å². The van der Waals surface area contributed by atoms with Crippen molar-refractivity contribution < 1.29 is 8.78 Å². The number of nitrogens with one attached hydrogen (secondary N) is 2. The second-order valence-electron chi connectivity index (χ2n) is 8.61. The van der Waals surface area contributed by atoms with Crippen molar-refractivity contribution in [2.75, 3.05) is 43.9 Å². The molecule has 0 aliphatic rings. The number of rotatable bonds is 12. The van der Waals surface area contributed by atoms with Crippen LogP contribution in [-0.4, -0.2) is 48.1 Å². The highest BCUT2D eigenvalue weighted by Gasteiger charge is 2.05. The number of halogens is 2. The Labute approximate surface area is 199 Å². The van der Waals surface area contributed by atoms with Gasteiger partial charge in [-0.15, -0.1) is 0 Å². The number of pyridine rings is 2. The summed E-state index contributed by atoms with van der Waals surface area (Å²) in [5, 5.41) is 8.81. The molecule has 34 heavy (non-hydrogen) atoms. The summed E-state index contributed by atoms with van der Waals surface area (Å²) >= 11 is 0. The molecule has 2 N–H and O–H groups in total. The minimum absolute atomic E-state index is 0.265. The predicted octanol–water partition coefficient (Wildman–Crippen LogP) is 6.08. The summed E-state index contributed by atoms with van der Waals surface area (Å²) in [6.07, 6.45) is 7.77. The maximum Gasteiger partial charge on any atom is 0.125 e. The van der Waals surface area contributed by atoms with Crippen LogP contribution in [0.4, 0.5) is 20.2 Å². The molecule has 0 aliphatic heterocycles. The lowest BCUT2D eigenvalue weighted by molar-refractivity contribution is 0.321. The Balaban J connectivity index is 1.10. The molecule has 0 saturated heterocycles. The summed E-state index contributed by atoms with van der Waals surface area (Å²) in [7, 11) is 2.16. The zero-order valence-corrected chi connectivity index (χ0v) is 19.5. The molecular weight excluding hydrogens is 432 g/mol. The van der Waals surface area contributed by atoms with Gasteiger partial charge in [0.2, 0.25) is 0 Å². The Morgan fingerprint density at radius 2 is 1.15 bits per heavy atom. The number of hydrogen-bond acceptors (Lipinski definition) is 5. The molecule has 0 radical (unpaired) electrons. The van der Waals surface area contributed by atoms with Crippen LogP contribution in [0.3, 0.4) is 0 Å². The van der Waals surface area contributed by atoms with Crippen molar-refractivity contribution in [3.8, 4) is 0 Å². The second kappa shape index (κ2) is 11.7. The lowest BCUT2D eigenvalue weighted by Gasteiger charge is -2.17. The monoisotopic (exact) mass is 463 g/mol. The van der Waals surface area contributed by atoms with Crippen molar-refractivity contribution in [3.63, 3.8) is 0 Å². The van der Waals surface area contributed by atoms with Crippen molar-refractivity contribution in [3.05, 3.63) is 72.6 Å². The van der Waals surface area contributed by atoms with Gasteiger partial charge in [-0.2, -0.15) is 0 Å². The Hall–Kier alpha value is -3.32. The molecular formula is C27H31F2N5. The molecule has 0 amide bonds. The lowest BCUT2D eigenvalue weighted by atomic mass is 10.1. The number of anilines is 2. The molecule has 0 aliphatic carbocycles. The maximum atomic E-state index is 13.4. The minimum Gasteiger partial charge on any atom is -0.384 e. The smallest absolute Gasteiger partial charge is 0.125 e. The SMILES string of the molecule is CN(CCCCNc1ccnc2cc(F)ccc12)CCCCNc1ccnc2cc(F)ccc12. The molecule has 5 nitrogen and oxygen atoms in total. The summed E-state index contributed by atoms with van der Waals surface area (Å²) in [5.41, 5.74) is 3.34. The Morgan fingerprint density at radius 1 is 0.676 bits per heavy atom. The third-order valence-electron chi connectivity index (χ3n) is 5.97. The average molecular weight is 464 g/mol. The number of aromatic nitrogens is 2. The molecule has 0 unspecified atom stereocenters. The molecule has 0 spiro atoms. The first-order valence-electron chi connectivity index (χ1n) is 11.8. The van der Waals surface area contributed by atoms with Crippen LogP contribution < -0.4 is 10.6 Å². The summed E-state index contributed by atoms with van der Waals surface area (Å²) in [6.45, 7) is 3.85. The van der Waals surface area contributed by atoms with Gasteiger partial charge < -0.3 is 15.5 Å². The molecule has 0 saturated carbocycles. The lowest BCUT2D eigenvalue weighted by Crippen LogP contribution is -2.22. The van der Waals surface area contributed by atoms with E-state index in [2.05, 4.69) is 32.5 Å². The van der Waals surface area contributed by atoms with Gasteiger partial charge in [-0.1, -0.05) is 0 Å². The molecule has 4 aromatic rings. The third kappa shape index (κ3) is 6.38. The third-order valence-corrected chi connectivity index (χ3v) is 5.97. The Bertz CT molecular complexity index is 1140. The van der Waals surface area contributed by atoms with Gasteiger partial charge in [-0.25, -0.2) is 8.78 Å². The summed E-state index contributed by atoms with van der Waals surface area (Å²) in [4.78, 5) is 10.8. The van der Waals surface area contributed by atoms with Crippen LogP contribution in [0.5, 0.6) is 0 Å². The number of nitrogens with zero attached hydrogens (tertiary/aromatic N) is 3. The number of unbranched alkanes of at least 4 members (excludes halogenated alkanes) is 2. The Morgan fingerprint density at radius 3 is 1.62 bits per heavy atom. The van der Waals surface area contributed by atoms with E-state index in [1.807, 2.05) is 12.1 Å². The summed E-state index contributed by atoms with van der Waals surface area (Å²) < 4.78 is 26.8. The average Bonchev–Trinajstić information content (AvgIpc) is 2.83. The van der Waals surface area contributed by atoms with Gasteiger partial charge in [0, 0.05) is 59.8 Å². The molecule has 0 bridgehead atoms. The van der Waals surface area contributed by atoms with Crippen LogP contribution in [0.2, 0.25) is 0 Å². The summed E-state index contributed by atoms with van der Waals surface area (Å²) in [6, 6.07) is 13.3. The van der Waals surface area contributed by atoms with E-state index in [1.54, 1.807) is 24.5 Å². The number of fused-ring (bicyclic) bond motifs is 2. The molecule has 0 atom stereocenters. The molecule has 4 rings (SSSR count). The van der Waals surface area contributed by atoms with E-state index in [0.717, 1.165) is 74.0 Å². The van der Waals surface area contributed by atoms with Crippen molar-refractivity contribution in [2.24, 2.45) is 0 Å². The largest absolute Gasteiger partial charge is 0.384 e. The molecule has 178 valence electrons. The predicted molar refractivity (Wildman–Crippen MR) is 136 cm³/mol. The Kier molecular flexibility index (Phi) is 8.20. The maximum absolute atomic E-state index is 13.4. The molecule has 7 heteroatoms. The van der Waals surface area contributed by atoms with Crippen LogP contribution in [0.25, 0.3) is 21.8 Å². The van der Waals surface area contributed by atoms with Crippen LogP contribution in [0.15, 0.2) is 60.9 Å². The van der Waals surface area contributed by atoms with Crippen molar-refractivity contribution in [1.29, 1.82) is 0 Å². The standard InChI is InChI=1S/C27H31F2N5/c1-34(16-4-2-12-30-24-10-14-32-26-18-20(28)6-8-22(24)26)17-5-3-13-31-25-11-15-33-27-19-21(29)7-9-23(25)27/h6-11,14-15,18-19H,2-5,12-13,16-17H2,1H3,(H,30,32)(H,31,33). The fraction of sp³-hybridized carbons (Fsp3) is 0.333. The molecule has 2 heterocycles. The van der Waals surface area contributed by atoms with E-state index in [0.29, 0.717) is 11.0 Å². The van der Waals surface area contributed by atoms with Gasteiger partial charge in [0.25, 0.3) is 0 Å².